The monoisotopic (exact) mass is 1500 g/mol. The maximum absolute atomic E-state index is 13.1. The van der Waals surface area contributed by atoms with Gasteiger partial charge in [-0.2, -0.15) is 0 Å². The van der Waals surface area contributed by atoms with Gasteiger partial charge in [0.05, 0.1) is 26.4 Å². The molecule has 0 aliphatic carbocycles. The number of rotatable bonds is 77. The third-order valence-corrected chi connectivity index (χ3v) is 19.1. The Balaban J connectivity index is 5.37. The van der Waals surface area contributed by atoms with E-state index < -0.39 is 97.5 Å². The van der Waals surface area contributed by atoms with Crippen LogP contribution in [0.15, 0.2) is 109 Å². The summed E-state index contributed by atoms with van der Waals surface area (Å²) in [6.45, 7) is 4.66. The summed E-state index contributed by atoms with van der Waals surface area (Å²) >= 11 is 0. The number of allylic oxidation sites excluding steroid dienone is 18. The van der Waals surface area contributed by atoms with E-state index in [-0.39, 0.29) is 25.7 Å². The van der Waals surface area contributed by atoms with Crippen molar-refractivity contribution in [3.05, 3.63) is 109 Å². The van der Waals surface area contributed by atoms with Crippen molar-refractivity contribution in [1.29, 1.82) is 0 Å². The Morgan fingerprint density at radius 2 is 0.519 bits per heavy atom. The summed E-state index contributed by atoms with van der Waals surface area (Å²) < 4.78 is 68.7. The average molecular weight is 1500 g/mol. The van der Waals surface area contributed by atoms with E-state index in [2.05, 4.69) is 137 Å². The Hall–Kier alpha value is -4.28. The van der Waals surface area contributed by atoms with Gasteiger partial charge in [-0.1, -0.05) is 285 Å². The van der Waals surface area contributed by atoms with E-state index in [1.807, 2.05) is 0 Å². The lowest BCUT2D eigenvalue weighted by atomic mass is 10.1. The molecule has 0 aliphatic heterocycles. The number of aliphatic hydroxyl groups is 1. The number of unbranched alkanes of at least 4 members (excludes halogenated alkanes) is 33. The van der Waals surface area contributed by atoms with Crippen molar-refractivity contribution >= 4 is 39.5 Å². The zero-order chi connectivity index (χ0) is 76.0. The predicted octanol–water partition coefficient (Wildman–Crippen LogP) is 24.1. The Morgan fingerprint density at radius 3 is 0.837 bits per heavy atom. The average Bonchev–Trinajstić information content (AvgIpc) is 0.917. The normalized spacial score (nSPS) is 14.4. The Kier molecular flexibility index (Phi) is 73.7. The molecular formula is C85H148O17P2. The van der Waals surface area contributed by atoms with Gasteiger partial charge in [-0.05, 0) is 148 Å². The number of ether oxygens (including phenoxy) is 4. The number of phosphoric ester groups is 2. The summed E-state index contributed by atoms with van der Waals surface area (Å²) in [5.74, 6) is -2.21. The van der Waals surface area contributed by atoms with Crippen molar-refractivity contribution < 1.29 is 80.2 Å². The molecule has 0 aromatic heterocycles. The quantitative estimate of drug-likeness (QED) is 0.0169. The Bertz CT molecular complexity index is 2390. The molecule has 5 unspecified atom stereocenters. The SMILES string of the molecule is CC/C=C\C/C=C\C/C=C\CCCCCCCCCC(=O)OC(COC(=O)CCCCCCCC/C=C\C/C=C\C/C=C\CCCCC)COP(=O)(O)OCC(O)COP(=O)(O)OCC(COC(=O)CCCCCCC/C=C\CCCCCCCC)OC(=O)CCCCCCC/C=C\C/C=C\CCC. The van der Waals surface area contributed by atoms with E-state index in [0.29, 0.717) is 25.7 Å². The van der Waals surface area contributed by atoms with Crippen LogP contribution < -0.4 is 0 Å². The zero-order valence-corrected chi connectivity index (χ0v) is 67.5. The van der Waals surface area contributed by atoms with Crippen molar-refractivity contribution in [3.8, 4) is 0 Å². The van der Waals surface area contributed by atoms with Gasteiger partial charge in [-0.15, -0.1) is 0 Å². The van der Waals surface area contributed by atoms with Crippen molar-refractivity contribution in [3.63, 3.8) is 0 Å². The highest BCUT2D eigenvalue weighted by Crippen LogP contribution is 2.45. The molecule has 0 saturated heterocycles. The van der Waals surface area contributed by atoms with Gasteiger partial charge in [0.25, 0.3) is 0 Å². The van der Waals surface area contributed by atoms with E-state index in [0.717, 1.165) is 212 Å². The molecule has 17 nitrogen and oxygen atoms in total. The highest BCUT2D eigenvalue weighted by Gasteiger charge is 2.30. The fourth-order valence-electron chi connectivity index (χ4n) is 10.9. The van der Waals surface area contributed by atoms with Crippen LogP contribution in [0, 0.1) is 0 Å². The topological polar surface area (TPSA) is 237 Å². The summed E-state index contributed by atoms with van der Waals surface area (Å²) in [4.78, 5) is 73.1. The van der Waals surface area contributed by atoms with Crippen LogP contribution in [-0.2, 0) is 65.4 Å². The minimum absolute atomic E-state index is 0.0770. The largest absolute Gasteiger partial charge is 0.472 e. The summed E-state index contributed by atoms with van der Waals surface area (Å²) in [5.41, 5.74) is 0. The van der Waals surface area contributed by atoms with Crippen LogP contribution in [0.4, 0.5) is 0 Å². The Morgan fingerprint density at radius 1 is 0.279 bits per heavy atom. The van der Waals surface area contributed by atoms with E-state index in [1.165, 1.54) is 57.8 Å². The molecule has 3 N–H and O–H groups in total. The minimum Gasteiger partial charge on any atom is -0.462 e. The fraction of sp³-hybridized carbons (Fsp3) is 0.741. The number of aliphatic hydroxyl groups excluding tert-OH is 1. The molecule has 19 heteroatoms. The molecule has 0 fully saturated rings. The predicted molar refractivity (Wildman–Crippen MR) is 427 cm³/mol. The number of carbonyl (C=O) groups excluding carboxylic acids is 4. The first kappa shape index (κ1) is 99.7. The van der Waals surface area contributed by atoms with Gasteiger partial charge in [0.15, 0.2) is 12.2 Å². The van der Waals surface area contributed by atoms with Crippen LogP contribution in [0.2, 0.25) is 0 Å². The van der Waals surface area contributed by atoms with Crippen LogP contribution in [0.1, 0.15) is 349 Å². The second kappa shape index (κ2) is 76.9. The molecule has 0 amide bonds. The van der Waals surface area contributed by atoms with Crippen LogP contribution >= 0.6 is 15.6 Å². The van der Waals surface area contributed by atoms with Gasteiger partial charge in [-0.3, -0.25) is 37.3 Å². The number of carbonyl (C=O) groups is 4. The molecule has 5 atom stereocenters. The van der Waals surface area contributed by atoms with Crippen LogP contribution in [0.25, 0.3) is 0 Å². The minimum atomic E-state index is -4.99. The smallest absolute Gasteiger partial charge is 0.462 e. The van der Waals surface area contributed by atoms with Crippen LogP contribution in [0.3, 0.4) is 0 Å². The first-order valence-corrected chi connectivity index (χ1v) is 44.1. The first-order chi connectivity index (χ1) is 50.7. The van der Waals surface area contributed by atoms with Crippen LogP contribution in [0.5, 0.6) is 0 Å². The third kappa shape index (κ3) is 75.9. The molecule has 0 aliphatic rings. The summed E-state index contributed by atoms with van der Waals surface area (Å²) in [7, 11) is -9.97. The van der Waals surface area contributed by atoms with E-state index in [1.54, 1.807) is 0 Å². The molecule has 600 valence electrons. The molecule has 0 radical (unpaired) electrons. The van der Waals surface area contributed by atoms with E-state index in [4.69, 9.17) is 37.0 Å². The fourth-order valence-corrected chi connectivity index (χ4v) is 12.5. The summed E-state index contributed by atoms with van der Waals surface area (Å²) in [6.07, 6.45) is 83.4. The number of hydrogen-bond acceptors (Lipinski definition) is 15. The molecule has 104 heavy (non-hydrogen) atoms. The third-order valence-electron chi connectivity index (χ3n) is 17.2. The van der Waals surface area contributed by atoms with Crippen molar-refractivity contribution in [2.75, 3.05) is 39.6 Å². The molecule has 0 rings (SSSR count). The van der Waals surface area contributed by atoms with Gasteiger partial charge in [0, 0.05) is 25.7 Å². The maximum atomic E-state index is 13.1. The molecule has 0 heterocycles. The first-order valence-electron chi connectivity index (χ1n) is 41.1. The highest BCUT2D eigenvalue weighted by molar-refractivity contribution is 7.47. The molecule has 0 spiro atoms. The highest BCUT2D eigenvalue weighted by atomic mass is 31.2. The number of esters is 4. The molecule has 0 saturated carbocycles. The lowest BCUT2D eigenvalue weighted by Gasteiger charge is -2.21. The number of hydrogen-bond donors (Lipinski definition) is 3. The molecule has 0 aromatic rings. The summed E-state index contributed by atoms with van der Waals surface area (Å²) in [5, 5.41) is 10.7. The second-order valence-electron chi connectivity index (χ2n) is 27.3. The van der Waals surface area contributed by atoms with Gasteiger partial charge < -0.3 is 33.8 Å². The Labute approximate surface area is 632 Å². The summed E-state index contributed by atoms with van der Waals surface area (Å²) in [6, 6.07) is 0. The zero-order valence-electron chi connectivity index (χ0n) is 65.7. The van der Waals surface area contributed by atoms with Gasteiger partial charge in [-0.25, -0.2) is 9.13 Å². The van der Waals surface area contributed by atoms with Gasteiger partial charge >= 0.3 is 39.5 Å². The molecular weight excluding hydrogens is 1350 g/mol. The van der Waals surface area contributed by atoms with Gasteiger partial charge in [0.2, 0.25) is 0 Å². The molecule has 0 aromatic carbocycles. The van der Waals surface area contributed by atoms with Crippen molar-refractivity contribution in [2.24, 2.45) is 0 Å². The van der Waals surface area contributed by atoms with Gasteiger partial charge in [0.1, 0.15) is 19.3 Å². The lowest BCUT2D eigenvalue weighted by molar-refractivity contribution is -0.161. The molecule has 0 bridgehead atoms. The maximum Gasteiger partial charge on any atom is 0.472 e. The lowest BCUT2D eigenvalue weighted by Crippen LogP contribution is -2.30. The van der Waals surface area contributed by atoms with E-state index >= 15 is 0 Å². The van der Waals surface area contributed by atoms with E-state index in [9.17, 15) is 43.2 Å². The van der Waals surface area contributed by atoms with Crippen LogP contribution in [-0.4, -0.2) is 96.7 Å². The van der Waals surface area contributed by atoms with Crippen molar-refractivity contribution in [1.82, 2.24) is 0 Å². The number of phosphoric acid groups is 2. The standard InChI is InChI=1S/C85H148O17P2/c1-5-9-13-17-21-25-29-33-36-38-39-41-43-47-50-54-58-62-66-70-83(88)96-76-81(102-85(90)72-68-64-60-56-52-48-44-40-37-34-30-26-22-18-14-10-6-2)78-100-104(93,94)98-74-79(86)73-97-103(91,92)99-77-80(101-84(89)71-67-63-59-55-51-45-32-28-24-20-16-12-8-4)75-95-82(87)69-65-61-57-53-49-46-42-35-31-27-23-19-15-11-7-3/h10,14,16,20-22,25-26,28,32-37,39,41-42,79-81,86H,5-9,11-13,15,17-19,23-24,27,29-31,38,40,43-78H2,1-4H3,(H,91,92)(H,93,94)/b14-10-,20-16-,25-21-,26-22-,32-28-,36-33-,37-34-,41-39-,42-35-. The second-order valence-corrected chi connectivity index (χ2v) is 30.2. The van der Waals surface area contributed by atoms with Crippen molar-refractivity contribution in [2.45, 2.75) is 367 Å².